The third kappa shape index (κ3) is 3.13. The maximum absolute atomic E-state index is 5.21. The van der Waals surface area contributed by atoms with E-state index in [9.17, 15) is 0 Å². The Balaban J connectivity index is 4.19. The fourth-order valence-electron chi connectivity index (χ4n) is 0.706. The zero-order valence-electron chi connectivity index (χ0n) is 7.16. The van der Waals surface area contributed by atoms with E-state index in [1.807, 2.05) is 13.0 Å². The quantitative estimate of drug-likeness (QED) is 0.483. The third-order valence-corrected chi connectivity index (χ3v) is 3.67. The summed E-state index contributed by atoms with van der Waals surface area (Å²) >= 11 is 0. The Hall–Kier alpha value is -0.203. The molecule has 0 amide bonds. The van der Waals surface area contributed by atoms with Gasteiger partial charge in [-0.3, -0.25) is 0 Å². The van der Waals surface area contributed by atoms with Crippen LogP contribution in [0, 0.1) is 0 Å². The summed E-state index contributed by atoms with van der Waals surface area (Å²) in [5.41, 5.74) is 6.99. The maximum Gasteiger partial charge on any atom is 0.529 e. The molecule has 0 unspecified atom stereocenters. The molecule has 5 heteroatoms. The van der Waals surface area contributed by atoms with Gasteiger partial charge >= 0.3 is 8.80 Å². The Kier molecular flexibility index (Phi) is 5.35. The summed E-state index contributed by atoms with van der Waals surface area (Å²) in [6.07, 6.45) is 1.83. The summed E-state index contributed by atoms with van der Waals surface area (Å²) in [6, 6.07) is 0. The van der Waals surface area contributed by atoms with Crippen molar-refractivity contribution in [1.82, 2.24) is 0 Å². The van der Waals surface area contributed by atoms with E-state index in [1.54, 1.807) is 19.9 Å². The van der Waals surface area contributed by atoms with Crippen molar-refractivity contribution in [3.05, 3.63) is 11.8 Å². The molecule has 0 spiro atoms. The highest BCUT2D eigenvalue weighted by molar-refractivity contribution is 6.66. The van der Waals surface area contributed by atoms with Crippen molar-refractivity contribution in [3.63, 3.8) is 0 Å². The fourth-order valence-corrected chi connectivity index (χ4v) is 2.12. The average molecular weight is 177 g/mol. The van der Waals surface area contributed by atoms with Crippen LogP contribution in [0.1, 0.15) is 6.92 Å². The van der Waals surface area contributed by atoms with E-state index >= 15 is 0 Å². The molecule has 0 aromatic rings. The first-order chi connectivity index (χ1) is 5.24. The molecule has 0 rings (SSSR count). The lowest BCUT2D eigenvalue weighted by Gasteiger charge is -2.21. The second-order valence-corrected chi connectivity index (χ2v) is 4.47. The van der Waals surface area contributed by atoms with Crippen LogP contribution in [-0.2, 0) is 13.3 Å². The zero-order chi connectivity index (χ0) is 8.74. The van der Waals surface area contributed by atoms with Crippen molar-refractivity contribution in [1.29, 1.82) is 0 Å². The number of hydrogen-bond acceptors (Lipinski definition) is 4. The van der Waals surface area contributed by atoms with Gasteiger partial charge in [0.25, 0.3) is 0 Å². The molecular weight excluding hydrogens is 162 g/mol. The van der Waals surface area contributed by atoms with Gasteiger partial charge in [0.2, 0.25) is 0 Å². The maximum atomic E-state index is 5.21. The van der Waals surface area contributed by atoms with Crippen LogP contribution in [0.4, 0.5) is 0 Å². The highest BCUT2D eigenvalue weighted by Crippen LogP contribution is 2.07. The summed E-state index contributed by atoms with van der Waals surface area (Å²) in [5, 5.41) is 0. The molecule has 11 heavy (non-hydrogen) atoms. The van der Waals surface area contributed by atoms with Crippen LogP contribution in [-0.4, -0.2) is 29.8 Å². The highest BCUT2D eigenvalue weighted by Gasteiger charge is 2.34. The fraction of sp³-hybridized carbons (Fsp3) is 0.667. The summed E-state index contributed by atoms with van der Waals surface area (Å²) in [4.78, 5) is 0. The minimum absolute atomic E-state index is 0.109. The SMILES string of the molecule is C/C=C/[Si](OC)(OC)OCN. The molecule has 0 saturated carbocycles. The molecule has 0 radical (unpaired) electrons. The first-order valence-corrected chi connectivity index (χ1v) is 5.13. The predicted octanol–water partition coefficient (Wildman–Crippen LogP) is 0.266. The molecule has 0 aliphatic carbocycles. The Morgan fingerprint density at radius 2 is 1.91 bits per heavy atom. The van der Waals surface area contributed by atoms with Gasteiger partial charge in [0.05, 0.1) is 6.73 Å². The first-order valence-electron chi connectivity index (χ1n) is 3.33. The molecule has 0 aromatic carbocycles. The lowest BCUT2D eigenvalue weighted by atomic mass is 10.8. The van der Waals surface area contributed by atoms with Crippen LogP contribution in [0.5, 0.6) is 0 Å². The highest BCUT2D eigenvalue weighted by atomic mass is 28.4. The molecule has 66 valence electrons. The Morgan fingerprint density at radius 3 is 2.18 bits per heavy atom. The molecule has 0 aliphatic heterocycles. The van der Waals surface area contributed by atoms with Crippen LogP contribution < -0.4 is 5.73 Å². The van der Waals surface area contributed by atoms with Gasteiger partial charge in [-0.05, 0) is 12.6 Å². The van der Waals surface area contributed by atoms with Crippen molar-refractivity contribution in [2.45, 2.75) is 6.92 Å². The van der Waals surface area contributed by atoms with Gasteiger partial charge in [-0.25, -0.2) is 0 Å². The Bertz CT molecular complexity index is 125. The van der Waals surface area contributed by atoms with Crippen LogP contribution >= 0.6 is 0 Å². The zero-order valence-corrected chi connectivity index (χ0v) is 8.16. The summed E-state index contributed by atoms with van der Waals surface area (Å²) < 4.78 is 15.3. The third-order valence-electron chi connectivity index (χ3n) is 1.22. The van der Waals surface area contributed by atoms with Crippen molar-refractivity contribution in [3.8, 4) is 0 Å². The predicted molar refractivity (Wildman–Crippen MR) is 44.7 cm³/mol. The van der Waals surface area contributed by atoms with Gasteiger partial charge in [-0.15, -0.1) is 0 Å². The lowest BCUT2D eigenvalue weighted by Crippen LogP contribution is -2.43. The van der Waals surface area contributed by atoms with Gasteiger partial charge in [-0.1, -0.05) is 6.08 Å². The first kappa shape index (κ1) is 10.8. The average Bonchev–Trinajstić information content (AvgIpc) is 2.04. The number of allylic oxidation sites excluding steroid dienone is 1. The summed E-state index contributed by atoms with van der Waals surface area (Å²) in [7, 11) is 0.545. The topological polar surface area (TPSA) is 53.7 Å². The number of nitrogens with two attached hydrogens (primary N) is 1. The monoisotopic (exact) mass is 177 g/mol. The van der Waals surface area contributed by atoms with Gasteiger partial charge in [0, 0.05) is 14.2 Å². The molecule has 0 fully saturated rings. The van der Waals surface area contributed by atoms with Crippen molar-refractivity contribution < 1.29 is 13.3 Å². The van der Waals surface area contributed by atoms with Crippen LogP contribution in [0.25, 0.3) is 0 Å². The Morgan fingerprint density at radius 1 is 1.36 bits per heavy atom. The largest absolute Gasteiger partial charge is 0.529 e. The van der Waals surface area contributed by atoms with E-state index < -0.39 is 8.80 Å². The molecule has 0 atom stereocenters. The van der Waals surface area contributed by atoms with Gasteiger partial charge in [-0.2, -0.15) is 0 Å². The normalized spacial score (nSPS) is 12.7. The standard InChI is InChI=1S/C6H15NO3Si/c1-4-5-11(8-2,9-3)10-6-7/h4-5H,6-7H2,1-3H3/b5-4+. The summed E-state index contributed by atoms with van der Waals surface area (Å²) in [6.45, 7) is 1.98. The van der Waals surface area contributed by atoms with Crippen LogP contribution in [0.15, 0.2) is 11.8 Å². The minimum Gasteiger partial charge on any atom is -0.374 e. The second kappa shape index (κ2) is 5.45. The molecule has 2 N–H and O–H groups in total. The van der Waals surface area contributed by atoms with E-state index in [0.717, 1.165) is 0 Å². The van der Waals surface area contributed by atoms with E-state index in [-0.39, 0.29) is 6.73 Å². The Labute approximate surface area is 68.3 Å². The molecule has 0 bridgehead atoms. The van der Waals surface area contributed by atoms with Gasteiger partial charge in [0.1, 0.15) is 0 Å². The van der Waals surface area contributed by atoms with Crippen LogP contribution in [0.2, 0.25) is 0 Å². The van der Waals surface area contributed by atoms with E-state index in [2.05, 4.69) is 0 Å². The van der Waals surface area contributed by atoms with Crippen molar-refractivity contribution in [2.75, 3.05) is 21.0 Å². The summed E-state index contributed by atoms with van der Waals surface area (Å²) in [5.74, 6) is 0. The van der Waals surface area contributed by atoms with Crippen molar-refractivity contribution >= 4 is 8.80 Å². The number of hydrogen-bond donors (Lipinski definition) is 1. The molecule has 0 heterocycles. The lowest BCUT2D eigenvalue weighted by molar-refractivity contribution is 0.115. The van der Waals surface area contributed by atoms with Gasteiger partial charge < -0.3 is 19.0 Å². The van der Waals surface area contributed by atoms with Crippen molar-refractivity contribution in [2.24, 2.45) is 5.73 Å². The van der Waals surface area contributed by atoms with Gasteiger partial charge in [0.15, 0.2) is 0 Å². The molecule has 0 saturated heterocycles. The molecule has 4 nitrogen and oxygen atoms in total. The smallest absolute Gasteiger partial charge is 0.374 e. The minimum atomic E-state index is -2.55. The molecule has 0 aliphatic rings. The molecular formula is C6H15NO3Si. The van der Waals surface area contributed by atoms with E-state index in [4.69, 9.17) is 19.0 Å². The second-order valence-electron chi connectivity index (χ2n) is 1.82. The van der Waals surface area contributed by atoms with Crippen LogP contribution in [0.3, 0.4) is 0 Å². The number of rotatable bonds is 5. The molecule has 0 aromatic heterocycles. The van der Waals surface area contributed by atoms with E-state index in [1.165, 1.54) is 0 Å². The van der Waals surface area contributed by atoms with E-state index in [0.29, 0.717) is 0 Å².